The van der Waals surface area contributed by atoms with Gasteiger partial charge in [-0.05, 0) is 17.9 Å². The maximum absolute atomic E-state index is 12.1. The zero-order chi connectivity index (χ0) is 17.8. The summed E-state index contributed by atoms with van der Waals surface area (Å²) in [5, 5.41) is 6.48. The van der Waals surface area contributed by atoms with Gasteiger partial charge >= 0.3 is 0 Å². The van der Waals surface area contributed by atoms with Gasteiger partial charge in [-0.2, -0.15) is 0 Å². The Morgan fingerprint density at radius 2 is 1.79 bits per heavy atom. The van der Waals surface area contributed by atoms with Gasteiger partial charge in [-0.3, -0.25) is 4.99 Å². The van der Waals surface area contributed by atoms with Crippen LogP contribution in [0.1, 0.15) is 38.7 Å². The molecule has 0 fully saturated rings. The van der Waals surface area contributed by atoms with Crippen LogP contribution in [0.5, 0.6) is 0 Å². The van der Waals surface area contributed by atoms with E-state index in [4.69, 9.17) is 0 Å². The Morgan fingerprint density at radius 1 is 1.12 bits per heavy atom. The highest BCUT2D eigenvalue weighted by atomic mass is 32.2. The molecule has 24 heavy (non-hydrogen) atoms. The monoisotopic (exact) mass is 353 g/mol. The third-order valence-electron chi connectivity index (χ3n) is 4.09. The first-order valence-electron chi connectivity index (χ1n) is 8.69. The summed E-state index contributed by atoms with van der Waals surface area (Å²) in [5.74, 6) is 1.66. The second-order valence-electron chi connectivity index (χ2n) is 5.99. The average Bonchev–Trinajstić information content (AvgIpc) is 2.58. The third kappa shape index (κ3) is 8.34. The predicted octanol–water partition coefficient (Wildman–Crippen LogP) is 2.59. The molecule has 0 radical (unpaired) electrons. The molecule has 1 aromatic carbocycles. The van der Waals surface area contributed by atoms with Gasteiger partial charge in [-0.1, -0.05) is 57.0 Å². The van der Waals surface area contributed by atoms with E-state index in [2.05, 4.69) is 29.5 Å². The molecule has 136 valence electrons. The fourth-order valence-corrected chi connectivity index (χ4v) is 3.87. The number of nitrogens with zero attached hydrogens (tertiary/aromatic N) is 1. The van der Waals surface area contributed by atoms with Crippen molar-refractivity contribution < 1.29 is 8.42 Å². The quantitative estimate of drug-likeness (QED) is 0.385. The summed E-state index contributed by atoms with van der Waals surface area (Å²) < 4.78 is 24.3. The van der Waals surface area contributed by atoms with Gasteiger partial charge in [-0.15, -0.1) is 0 Å². The standard InChI is InChI=1S/C18H31N3O2S/c1-4-16(5-2)14-21-18(19-3)20-12-9-13-24(22,23)15-17-10-7-6-8-11-17/h6-8,10-11,16H,4-5,9,12-15H2,1-3H3,(H2,19,20,21). The van der Waals surface area contributed by atoms with Crippen LogP contribution >= 0.6 is 0 Å². The minimum Gasteiger partial charge on any atom is -0.356 e. The van der Waals surface area contributed by atoms with E-state index in [0.717, 1.165) is 30.9 Å². The molecule has 0 aliphatic rings. The van der Waals surface area contributed by atoms with Crippen molar-refractivity contribution in [2.75, 3.05) is 25.9 Å². The molecule has 0 unspecified atom stereocenters. The SMILES string of the molecule is CCC(CC)CNC(=NC)NCCCS(=O)(=O)Cc1ccccc1. The van der Waals surface area contributed by atoms with E-state index in [1.165, 1.54) is 0 Å². The van der Waals surface area contributed by atoms with Crippen molar-refractivity contribution in [3.8, 4) is 0 Å². The smallest absolute Gasteiger partial charge is 0.190 e. The largest absolute Gasteiger partial charge is 0.356 e. The third-order valence-corrected chi connectivity index (χ3v) is 5.77. The number of hydrogen-bond acceptors (Lipinski definition) is 3. The van der Waals surface area contributed by atoms with Crippen molar-refractivity contribution in [1.82, 2.24) is 10.6 Å². The summed E-state index contributed by atoms with van der Waals surface area (Å²) in [7, 11) is -1.34. The van der Waals surface area contributed by atoms with Crippen molar-refractivity contribution in [3.05, 3.63) is 35.9 Å². The zero-order valence-corrected chi connectivity index (χ0v) is 15.9. The average molecular weight is 354 g/mol. The number of hydrogen-bond donors (Lipinski definition) is 2. The normalized spacial score (nSPS) is 12.4. The predicted molar refractivity (Wildman–Crippen MR) is 102 cm³/mol. The van der Waals surface area contributed by atoms with E-state index >= 15 is 0 Å². The minimum absolute atomic E-state index is 0.107. The molecule has 0 heterocycles. The summed E-state index contributed by atoms with van der Waals surface area (Å²) in [6, 6.07) is 9.31. The van der Waals surface area contributed by atoms with E-state index in [1.807, 2.05) is 30.3 Å². The molecular formula is C18H31N3O2S. The molecule has 0 aliphatic heterocycles. The van der Waals surface area contributed by atoms with E-state index < -0.39 is 9.84 Å². The van der Waals surface area contributed by atoms with Crippen LogP contribution in [0.4, 0.5) is 0 Å². The molecule has 5 nitrogen and oxygen atoms in total. The summed E-state index contributed by atoms with van der Waals surface area (Å²) in [5.41, 5.74) is 0.841. The van der Waals surface area contributed by atoms with Crippen molar-refractivity contribution in [3.63, 3.8) is 0 Å². The Bertz CT molecular complexity index is 582. The van der Waals surface area contributed by atoms with Gasteiger partial charge < -0.3 is 10.6 Å². The highest BCUT2D eigenvalue weighted by Gasteiger charge is 2.11. The highest BCUT2D eigenvalue weighted by Crippen LogP contribution is 2.07. The van der Waals surface area contributed by atoms with Crippen LogP contribution in [0.2, 0.25) is 0 Å². The summed E-state index contributed by atoms with van der Waals surface area (Å²) in [6.45, 7) is 5.85. The van der Waals surface area contributed by atoms with Crippen molar-refractivity contribution in [1.29, 1.82) is 0 Å². The van der Waals surface area contributed by atoms with E-state index in [9.17, 15) is 8.42 Å². The van der Waals surface area contributed by atoms with Crippen molar-refractivity contribution in [2.24, 2.45) is 10.9 Å². The van der Waals surface area contributed by atoms with E-state index in [0.29, 0.717) is 18.9 Å². The molecule has 0 aromatic heterocycles. The lowest BCUT2D eigenvalue weighted by molar-refractivity contribution is 0.481. The Morgan fingerprint density at radius 3 is 2.38 bits per heavy atom. The van der Waals surface area contributed by atoms with E-state index in [-0.39, 0.29) is 11.5 Å². The fourth-order valence-electron chi connectivity index (χ4n) is 2.44. The lowest BCUT2D eigenvalue weighted by Crippen LogP contribution is -2.40. The molecule has 0 atom stereocenters. The first kappa shape index (κ1) is 20.5. The van der Waals surface area contributed by atoms with Crippen LogP contribution in [0.25, 0.3) is 0 Å². The Kier molecular flexibility index (Phi) is 9.45. The molecule has 1 rings (SSSR count). The topological polar surface area (TPSA) is 70.6 Å². The molecular weight excluding hydrogens is 322 g/mol. The van der Waals surface area contributed by atoms with Gasteiger partial charge in [0.2, 0.25) is 0 Å². The van der Waals surface area contributed by atoms with Crippen LogP contribution < -0.4 is 10.6 Å². The number of sulfone groups is 1. The maximum atomic E-state index is 12.1. The number of guanidine groups is 1. The van der Waals surface area contributed by atoms with E-state index in [1.54, 1.807) is 7.05 Å². The van der Waals surface area contributed by atoms with Crippen LogP contribution in [-0.4, -0.2) is 40.3 Å². The molecule has 2 N–H and O–H groups in total. The molecule has 0 amide bonds. The second kappa shape index (κ2) is 11.1. The van der Waals surface area contributed by atoms with Crippen molar-refractivity contribution >= 4 is 15.8 Å². The van der Waals surface area contributed by atoms with Gasteiger partial charge in [0.15, 0.2) is 15.8 Å². The number of benzene rings is 1. The molecule has 0 saturated carbocycles. The maximum Gasteiger partial charge on any atom is 0.190 e. The molecule has 0 bridgehead atoms. The van der Waals surface area contributed by atoms with Gasteiger partial charge in [0.25, 0.3) is 0 Å². The highest BCUT2D eigenvalue weighted by molar-refractivity contribution is 7.90. The molecule has 0 aliphatic carbocycles. The summed E-state index contributed by atoms with van der Waals surface area (Å²) in [4.78, 5) is 4.18. The van der Waals surface area contributed by atoms with Gasteiger partial charge in [0.05, 0.1) is 11.5 Å². The number of nitrogens with one attached hydrogen (secondary N) is 2. The summed E-state index contributed by atoms with van der Waals surface area (Å²) >= 11 is 0. The first-order valence-corrected chi connectivity index (χ1v) is 10.5. The van der Waals surface area contributed by atoms with Gasteiger partial charge in [0, 0.05) is 20.1 Å². The second-order valence-corrected chi connectivity index (χ2v) is 8.18. The molecule has 0 saturated heterocycles. The molecule has 0 spiro atoms. The Hall–Kier alpha value is -1.56. The fraction of sp³-hybridized carbons (Fsp3) is 0.611. The van der Waals surface area contributed by atoms with Crippen LogP contribution in [0.3, 0.4) is 0 Å². The summed E-state index contributed by atoms with van der Waals surface area (Å²) in [6.07, 6.45) is 2.84. The minimum atomic E-state index is -3.07. The lowest BCUT2D eigenvalue weighted by atomic mass is 10.0. The van der Waals surface area contributed by atoms with Gasteiger partial charge in [0.1, 0.15) is 0 Å². The van der Waals surface area contributed by atoms with Crippen LogP contribution in [0.15, 0.2) is 35.3 Å². The molecule has 1 aromatic rings. The number of rotatable bonds is 10. The van der Waals surface area contributed by atoms with Crippen LogP contribution in [0, 0.1) is 5.92 Å². The Balaban J connectivity index is 2.30. The number of aliphatic imine (C=N–C) groups is 1. The Labute approximate surface area is 146 Å². The molecule has 6 heteroatoms. The zero-order valence-electron chi connectivity index (χ0n) is 15.1. The van der Waals surface area contributed by atoms with Crippen LogP contribution in [-0.2, 0) is 15.6 Å². The lowest BCUT2D eigenvalue weighted by Gasteiger charge is -2.16. The first-order chi connectivity index (χ1) is 11.5. The van der Waals surface area contributed by atoms with Crippen molar-refractivity contribution in [2.45, 2.75) is 38.9 Å². The van der Waals surface area contributed by atoms with Gasteiger partial charge in [-0.25, -0.2) is 8.42 Å².